The van der Waals surface area contributed by atoms with Gasteiger partial charge in [0, 0.05) is 5.56 Å². The summed E-state index contributed by atoms with van der Waals surface area (Å²) in [5.74, 6) is -1.08. The van der Waals surface area contributed by atoms with Crippen molar-refractivity contribution in [3.63, 3.8) is 0 Å². The number of aryl methyl sites for hydroxylation is 2. The first-order valence-electron chi connectivity index (χ1n) is 9.71. The summed E-state index contributed by atoms with van der Waals surface area (Å²) in [5, 5.41) is 9.87. The molecule has 0 radical (unpaired) electrons. The largest absolute Gasteiger partial charge is 0.481 e. The lowest BCUT2D eigenvalue weighted by Crippen LogP contribution is -2.40. The second-order valence-electron chi connectivity index (χ2n) is 7.68. The molecule has 2 nitrogen and oxygen atoms in total. The molecule has 0 unspecified atom stereocenters. The number of hydrogen-bond acceptors (Lipinski definition) is 1. The van der Waals surface area contributed by atoms with Gasteiger partial charge in [-0.15, -0.1) is 0 Å². The van der Waals surface area contributed by atoms with Crippen LogP contribution in [-0.2, 0) is 23.1 Å². The molecule has 0 bridgehead atoms. The maximum absolute atomic E-state index is 14.9. The zero-order chi connectivity index (χ0) is 19.4. The van der Waals surface area contributed by atoms with Crippen molar-refractivity contribution in [3.05, 3.63) is 70.8 Å². The van der Waals surface area contributed by atoms with Gasteiger partial charge in [0.2, 0.25) is 0 Å². The third-order valence-electron chi connectivity index (χ3n) is 6.11. The van der Waals surface area contributed by atoms with Gasteiger partial charge in [-0.3, -0.25) is 4.79 Å². The quantitative estimate of drug-likeness (QED) is 0.709. The van der Waals surface area contributed by atoms with Crippen molar-refractivity contribution in [3.8, 4) is 0 Å². The Labute approximate surface area is 159 Å². The number of carboxylic acids is 1. The molecule has 0 aliphatic heterocycles. The number of benzene rings is 2. The highest BCUT2D eigenvalue weighted by molar-refractivity contribution is 5.81. The minimum absolute atomic E-state index is 0.272. The molecule has 2 aromatic rings. The fourth-order valence-corrected chi connectivity index (χ4v) is 4.22. The third-order valence-corrected chi connectivity index (χ3v) is 6.11. The van der Waals surface area contributed by atoms with Gasteiger partial charge in [0.05, 0.1) is 5.41 Å². The van der Waals surface area contributed by atoms with Crippen LogP contribution in [0.15, 0.2) is 42.5 Å². The van der Waals surface area contributed by atoms with Crippen LogP contribution in [0.3, 0.4) is 0 Å². The van der Waals surface area contributed by atoms with Crippen LogP contribution in [0.2, 0.25) is 0 Å². The summed E-state index contributed by atoms with van der Waals surface area (Å²) < 4.78 is 27.9. The zero-order valence-electron chi connectivity index (χ0n) is 15.7. The smallest absolute Gasteiger partial charge is 0.314 e. The fraction of sp³-hybridized carbons (Fsp3) is 0.435. The van der Waals surface area contributed by atoms with Gasteiger partial charge in [0.15, 0.2) is 0 Å². The van der Waals surface area contributed by atoms with Gasteiger partial charge in [-0.1, -0.05) is 37.6 Å². The van der Waals surface area contributed by atoms with E-state index in [1.54, 1.807) is 18.2 Å². The van der Waals surface area contributed by atoms with E-state index in [1.165, 1.54) is 18.2 Å². The van der Waals surface area contributed by atoms with Crippen molar-refractivity contribution in [2.24, 2.45) is 5.92 Å². The molecule has 3 rings (SSSR count). The van der Waals surface area contributed by atoms with Gasteiger partial charge in [-0.2, -0.15) is 0 Å². The van der Waals surface area contributed by atoms with E-state index in [0.717, 1.165) is 30.4 Å². The Morgan fingerprint density at radius 1 is 1.04 bits per heavy atom. The minimum Gasteiger partial charge on any atom is -0.481 e. The van der Waals surface area contributed by atoms with Crippen molar-refractivity contribution < 1.29 is 18.7 Å². The summed E-state index contributed by atoms with van der Waals surface area (Å²) in [6.07, 6.45) is 4.99. The highest BCUT2D eigenvalue weighted by Gasteiger charge is 2.44. The van der Waals surface area contributed by atoms with Gasteiger partial charge in [0.1, 0.15) is 11.6 Å². The Morgan fingerprint density at radius 2 is 1.63 bits per heavy atom. The molecule has 0 spiro atoms. The van der Waals surface area contributed by atoms with Crippen LogP contribution >= 0.6 is 0 Å². The highest BCUT2D eigenvalue weighted by Crippen LogP contribution is 2.43. The zero-order valence-corrected chi connectivity index (χ0v) is 15.7. The van der Waals surface area contributed by atoms with E-state index in [1.807, 2.05) is 6.07 Å². The summed E-state index contributed by atoms with van der Waals surface area (Å²) in [6, 6.07) is 11.3. The summed E-state index contributed by atoms with van der Waals surface area (Å²) in [6.45, 7) is 2.12. The molecule has 1 fully saturated rings. The van der Waals surface area contributed by atoms with E-state index in [4.69, 9.17) is 0 Å². The van der Waals surface area contributed by atoms with E-state index < -0.39 is 17.2 Å². The normalized spacial score (nSPS) is 22.6. The number of aliphatic carboxylic acids is 1. The van der Waals surface area contributed by atoms with Gasteiger partial charge in [0.25, 0.3) is 0 Å². The number of rotatable bonds is 6. The first kappa shape index (κ1) is 19.5. The molecule has 1 N–H and O–H groups in total. The lowest BCUT2D eigenvalue weighted by Gasteiger charge is -2.37. The number of hydrogen-bond donors (Lipinski definition) is 1. The number of halogens is 2. The molecule has 144 valence electrons. The van der Waals surface area contributed by atoms with Gasteiger partial charge in [-0.05, 0) is 73.8 Å². The summed E-state index contributed by atoms with van der Waals surface area (Å²) in [5.41, 5.74) is 1.02. The SMILES string of the molecule is CCC1CCC(C(=O)O)(c2ccc(CCc3ccc(F)cc3)cc2F)CC1. The maximum atomic E-state index is 14.9. The van der Waals surface area contributed by atoms with Crippen LogP contribution in [0, 0.1) is 17.6 Å². The summed E-state index contributed by atoms with van der Waals surface area (Å²) in [4.78, 5) is 12.0. The summed E-state index contributed by atoms with van der Waals surface area (Å²) in [7, 11) is 0. The van der Waals surface area contributed by atoms with Crippen LogP contribution < -0.4 is 0 Å². The molecule has 0 saturated heterocycles. The Balaban J connectivity index is 1.76. The first-order chi connectivity index (χ1) is 12.9. The Bertz CT molecular complexity index is 791. The molecular weight excluding hydrogens is 346 g/mol. The molecule has 0 aromatic heterocycles. The predicted octanol–water partition coefficient (Wildman–Crippen LogP) is 5.67. The minimum atomic E-state index is -1.11. The van der Waals surface area contributed by atoms with Crippen molar-refractivity contribution in [2.45, 2.75) is 57.3 Å². The Kier molecular flexibility index (Phi) is 5.93. The predicted molar refractivity (Wildman–Crippen MR) is 102 cm³/mol. The fourth-order valence-electron chi connectivity index (χ4n) is 4.22. The molecule has 4 heteroatoms. The van der Waals surface area contributed by atoms with Crippen molar-refractivity contribution in [1.29, 1.82) is 0 Å². The van der Waals surface area contributed by atoms with E-state index in [0.29, 0.717) is 37.2 Å². The second kappa shape index (κ2) is 8.20. The maximum Gasteiger partial charge on any atom is 0.314 e. The molecule has 1 aliphatic carbocycles. The number of carboxylic acid groups (broad SMARTS) is 1. The average molecular weight is 372 g/mol. The van der Waals surface area contributed by atoms with Crippen LogP contribution in [0.25, 0.3) is 0 Å². The second-order valence-corrected chi connectivity index (χ2v) is 7.68. The van der Waals surface area contributed by atoms with E-state index in [-0.39, 0.29) is 5.82 Å². The topological polar surface area (TPSA) is 37.3 Å². The van der Waals surface area contributed by atoms with Gasteiger partial charge >= 0.3 is 5.97 Å². The van der Waals surface area contributed by atoms with Crippen molar-refractivity contribution >= 4 is 5.97 Å². The Hall–Kier alpha value is -2.23. The van der Waals surface area contributed by atoms with E-state index in [9.17, 15) is 18.7 Å². The molecule has 1 aliphatic rings. The molecule has 2 aromatic carbocycles. The van der Waals surface area contributed by atoms with Crippen LogP contribution in [0.4, 0.5) is 8.78 Å². The molecule has 27 heavy (non-hydrogen) atoms. The van der Waals surface area contributed by atoms with Crippen LogP contribution in [-0.4, -0.2) is 11.1 Å². The van der Waals surface area contributed by atoms with E-state index in [2.05, 4.69) is 6.92 Å². The highest BCUT2D eigenvalue weighted by atomic mass is 19.1. The molecule has 1 saturated carbocycles. The van der Waals surface area contributed by atoms with E-state index >= 15 is 0 Å². The van der Waals surface area contributed by atoms with Crippen LogP contribution in [0.5, 0.6) is 0 Å². The summed E-state index contributed by atoms with van der Waals surface area (Å²) >= 11 is 0. The van der Waals surface area contributed by atoms with Crippen LogP contribution in [0.1, 0.15) is 55.7 Å². The van der Waals surface area contributed by atoms with Crippen molar-refractivity contribution in [2.75, 3.05) is 0 Å². The molecule has 0 atom stereocenters. The Morgan fingerprint density at radius 3 is 2.19 bits per heavy atom. The van der Waals surface area contributed by atoms with Gasteiger partial charge in [-0.25, -0.2) is 8.78 Å². The first-order valence-corrected chi connectivity index (χ1v) is 9.71. The lowest BCUT2D eigenvalue weighted by molar-refractivity contribution is -0.145. The van der Waals surface area contributed by atoms with Gasteiger partial charge < -0.3 is 5.11 Å². The van der Waals surface area contributed by atoms with Crippen molar-refractivity contribution in [1.82, 2.24) is 0 Å². The lowest BCUT2D eigenvalue weighted by atomic mass is 9.66. The molecule has 0 heterocycles. The standard InChI is InChI=1S/C23H26F2O2/c1-2-16-11-13-23(14-12-16,22(26)27)20-10-7-18(15-21(20)25)4-3-17-5-8-19(24)9-6-17/h5-10,15-16H,2-4,11-14H2,1H3,(H,26,27). The third kappa shape index (κ3) is 4.20. The number of carbonyl (C=O) groups is 1. The average Bonchev–Trinajstić information content (AvgIpc) is 2.67. The monoisotopic (exact) mass is 372 g/mol. The molecular formula is C23H26F2O2. The molecule has 0 amide bonds.